The zero-order valence-corrected chi connectivity index (χ0v) is 21.4. The molecule has 4 heteroatoms. The number of aromatic nitrogens is 3. The van der Waals surface area contributed by atoms with Crippen molar-refractivity contribution < 1.29 is 0 Å². The van der Waals surface area contributed by atoms with E-state index in [0.717, 1.165) is 60.8 Å². The van der Waals surface area contributed by atoms with Gasteiger partial charge < -0.3 is 15.0 Å². The Hall–Kier alpha value is -4.83. The number of fused-ring (bicyclic) bond motifs is 7. The minimum atomic E-state index is 0.00434. The van der Waals surface area contributed by atoms with Gasteiger partial charge in [0.2, 0.25) is 0 Å². The number of hydrogen-bond acceptors (Lipinski definition) is 1. The molecular weight excluding hydrogens is 464 g/mol. The van der Waals surface area contributed by atoms with Crippen LogP contribution in [-0.2, 0) is 0 Å². The van der Waals surface area contributed by atoms with E-state index in [1.807, 2.05) is 0 Å². The largest absolute Gasteiger partial charge is 0.355 e. The Bertz CT molecular complexity index is 1970. The Morgan fingerprint density at radius 1 is 0.579 bits per heavy atom. The van der Waals surface area contributed by atoms with E-state index >= 15 is 0 Å². The highest BCUT2D eigenvalue weighted by Crippen LogP contribution is 2.25. The highest BCUT2D eigenvalue weighted by molar-refractivity contribution is 6.18. The molecule has 0 amide bonds. The molecule has 3 aromatic heterocycles. The molecule has 0 spiro atoms. The Balaban J connectivity index is 1.55. The van der Waals surface area contributed by atoms with Crippen LogP contribution in [0.1, 0.15) is 33.6 Å². The van der Waals surface area contributed by atoms with Crippen LogP contribution in [0.5, 0.6) is 0 Å². The molecule has 1 atom stereocenters. The smallest absolute Gasteiger partial charge is 0.0894 e. The van der Waals surface area contributed by atoms with E-state index in [4.69, 9.17) is 4.99 Å². The molecule has 1 unspecified atom stereocenters. The van der Waals surface area contributed by atoms with E-state index in [9.17, 15) is 0 Å². The van der Waals surface area contributed by atoms with Gasteiger partial charge in [0.05, 0.1) is 11.8 Å². The standard InChI is InChI=1S/C34H28N4/c1-21-3-7-23(8-4-21)33-29-15-13-27(36-29)19-25-11-12-26(35-25)20-28-14-16-30(37-28)34(32-18-17-31(33)38-32)24-9-5-22(2)6-10-24/h3-20,25,36-38H,1-2H3/b27-19-,28-20-,33-29-,34-30-. The summed E-state index contributed by atoms with van der Waals surface area (Å²) >= 11 is 0. The Kier molecular flexibility index (Phi) is 5.26. The van der Waals surface area contributed by atoms with Crippen LogP contribution in [0.4, 0.5) is 0 Å². The van der Waals surface area contributed by atoms with Crippen molar-refractivity contribution in [1.82, 2.24) is 15.0 Å². The number of H-pyrrole nitrogens is 3. The van der Waals surface area contributed by atoms with Gasteiger partial charge in [0, 0.05) is 43.9 Å². The molecule has 2 aromatic carbocycles. The summed E-state index contributed by atoms with van der Waals surface area (Å²) in [5, 5.41) is 4.21. The van der Waals surface area contributed by atoms with Gasteiger partial charge in [-0.1, -0.05) is 65.7 Å². The Morgan fingerprint density at radius 3 is 1.74 bits per heavy atom. The van der Waals surface area contributed by atoms with E-state index in [2.05, 4.69) is 138 Å². The maximum atomic E-state index is 4.90. The van der Waals surface area contributed by atoms with E-state index in [1.54, 1.807) is 0 Å². The maximum absolute atomic E-state index is 4.90. The number of benzene rings is 2. The molecule has 5 aromatic rings. The summed E-state index contributed by atoms with van der Waals surface area (Å²) in [6, 6.07) is 30.4. The number of hydrogen-bond donors (Lipinski definition) is 3. The normalized spacial score (nSPS) is 20.9. The lowest BCUT2D eigenvalue weighted by molar-refractivity contribution is 1.09. The van der Waals surface area contributed by atoms with Crippen LogP contribution in [-0.4, -0.2) is 26.7 Å². The van der Waals surface area contributed by atoms with Gasteiger partial charge in [-0.15, -0.1) is 0 Å². The third-order valence-electron chi connectivity index (χ3n) is 7.28. The zero-order chi connectivity index (χ0) is 25.6. The fraction of sp³-hybridized carbons (Fsp3) is 0.0882. The van der Waals surface area contributed by atoms with Crippen LogP contribution in [0.15, 0.2) is 102 Å². The second-order valence-corrected chi connectivity index (χ2v) is 10.1. The highest BCUT2D eigenvalue weighted by Gasteiger charge is 2.15. The van der Waals surface area contributed by atoms with E-state index in [-0.39, 0.29) is 6.04 Å². The molecule has 3 N–H and O–H groups in total. The summed E-state index contributed by atoms with van der Waals surface area (Å²) < 4.78 is 0. The van der Waals surface area contributed by atoms with Crippen LogP contribution in [0.25, 0.3) is 23.3 Å². The quantitative estimate of drug-likeness (QED) is 0.336. The van der Waals surface area contributed by atoms with Crippen LogP contribution < -0.4 is 21.4 Å². The number of allylic oxidation sites excluding steroid dienone is 1. The van der Waals surface area contributed by atoms with Gasteiger partial charge in [-0.3, -0.25) is 4.99 Å². The number of aromatic amines is 3. The first-order valence-electron chi connectivity index (χ1n) is 13.0. The number of nitrogens with zero attached hydrogens (tertiary/aromatic N) is 1. The average Bonchev–Trinajstić information content (AvgIpc) is 3.72. The first-order valence-corrected chi connectivity index (χ1v) is 13.0. The molecule has 0 radical (unpaired) electrons. The summed E-state index contributed by atoms with van der Waals surface area (Å²) in [6.07, 6.45) is 8.51. The number of aryl methyl sites for hydroxylation is 2. The maximum Gasteiger partial charge on any atom is 0.0894 e. The van der Waals surface area contributed by atoms with Crippen LogP contribution in [0.2, 0.25) is 0 Å². The SMILES string of the molecule is Cc1ccc(/C2=c3\cc/c([nH]3)=C/C3=NC(C=C3)/C=c3/cc/c([nH]3)=C(\c3ccc(C)cc3)c3ccc2[nH]3)cc1. The summed E-state index contributed by atoms with van der Waals surface area (Å²) in [4.78, 5) is 16.0. The second kappa shape index (κ2) is 8.93. The van der Waals surface area contributed by atoms with Crippen molar-refractivity contribution in [3.8, 4) is 0 Å². The fourth-order valence-corrected chi connectivity index (χ4v) is 5.31. The van der Waals surface area contributed by atoms with Crippen molar-refractivity contribution in [2.75, 3.05) is 0 Å². The molecule has 8 bridgehead atoms. The van der Waals surface area contributed by atoms with Gasteiger partial charge in [-0.2, -0.15) is 0 Å². The topological polar surface area (TPSA) is 59.7 Å². The van der Waals surface area contributed by atoms with Crippen LogP contribution in [0, 0.1) is 13.8 Å². The molecule has 0 saturated carbocycles. The van der Waals surface area contributed by atoms with Crippen LogP contribution >= 0.6 is 0 Å². The lowest BCUT2D eigenvalue weighted by atomic mass is 10.0. The van der Waals surface area contributed by atoms with Crippen LogP contribution in [0.3, 0.4) is 0 Å². The predicted octanol–water partition coefficient (Wildman–Crippen LogP) is 3.74. The third kappa shape index (κ3) is 4.10. The highest BCUT2D eigenvalue weighted by atomic mass is 14.8. The Labute approximate surface area is 220 Å². The lowest BCUT2D eigenvalue weighted by Crippen LogP contribution is -2.17. The fourth-order valence-electron chi connectivity index (χ4n) is 5.31. The number of nitrogens with one attached hydrogen (secondary N) is 3. The monoisotopic (exact) mass is 492 g/mol. The number of rotatable bonds is 2. The van der Waals surface area contributed by atoms with Crippen molar-refractivity contribution in [3.63, 3.8) is 0 Å². The Morgan fingerprint density at radius 2 is 1.13 bits per heavy atom. The summed E-state index contributed by atoms with van der Waals surface area (Å²) in [5.41, 5.74) is 10.2. The van der Waals surface area contributed by atoms with Crippen molar-refractivity contribution in [1.29, 1.82) is 0 Å². The molecule has 0 aliphatic carbocycles. The van der Waals surface area contributed by atoms with Gasteiger partial charge in [0.15, 0.2) is 0 Å². The lowest BCUT2D eigenvalue weighted by Gasteiger charge is -2.09. The second-order valence-electron chi connectivity index (χ2n) is 10.1. The van der Waals surface area contributed by atoms with Gasteiger partial charge in [-0.25, -0.2) is 0 Å². The predicted molar refractivity (Wildman–Crippen MR) is 156 cm³/mol. The molecule has 5 heterocycles. The summed E-state index contributed by atoms with van der Waals surface area (Å²) in [6.45, 7) is 4.24. The number of aliphatic imine (C=N–C) groups is 1. The van der Waals surface area contributed by atoms with Gasteiger partial charge in [0.25, 0.3) is 0 Å². The molecule has 184 valence electrons. The first kappa shape index (κ1) is 22.4. The first-order chi connectivity index (χ1) is 18.6. The molecule has 0 fully saturated rings. The molecule has 4 nitrogen and oxygen atoms in total. The van der Waals surface area contributed by atoms with E-state index in [0.29, 0.717) is 0 Å². The van der Waals surface area contributed by atoms with Gasteiger partial charge >= 0.3 is 0 Å². The third-order valence-corrected chi connectivity index (χ3v) is 7.28. The molecule has 2 aliphatic rings. The van der Waals surface area contributed by atoms with Crippen molar-refractivity contribution in [2.24, 2.45) is 4.99 Å². The van der Waals surface area contributed by atoms with Crippen molar-refractivity contribution >= 4 is 29.0 Å². The minimum Gasteiger partial charge on any atom is -0.355 e. The summed E-state index contributed by atoms with van der Waals surface area (Å²) in [7, 11) is 0. The molecule has 7 rings (SSSR count). The molecule has 0 saturated heterocycles. The molecule has 2 aliphatic heterocycles. The average molecular weight is 493 g/mol. The van der Waals surface area contributed by atoms with Gasteiger partial charge in [0.1, 0.15) is 0 Å². The van der Waals surface area contributed by atoms with Gasteiger partial charge in [-0.05, 0) is 79.6 Å². The minimum absolute atomic E-state index is 0.00434. The van der Waals surface area contributed by atoms with E-state index in [1.165, 1.54) is 11.1 Å². The summed E-state index contributed by atoms with van der Waals surface area (Å²) in [5.74, 6) is 0. The zero-order valence-electron chi connectivity index (χ0n) is 21.4. The van der Waals surface area contributed by atoms with E-state index < -0.39 is 0 Å². The van der Waals surface area contributed by atoms with Crippen molar-refractivity contribution in [2.45, 2.75) is 19.9 Å². The van der Waals surface area contributed by atoms with Crippen molar-refractivity contribution in [3.05, 3.63) is 152 Å². The molecular formula is C34H28N4. The molecule has 38 heavy (non-hydrogen) atoms.